The molecular weight excluding hydrogens is 533 g/mol. The SMILES string of the molecule is CC(C)(C)CCS(=O)(=O)CCCC1CCCN1CCCCCC1=C(c2ccc(F)cc2)CCCc2cc(O)ccc21. The molecular formula is C35H50FNO3S. The lowest BCUT2D eigenvalue weighted by Gasteiger charge is -2.24. The van der Waals surface area contributed by atoms with Gasteiger partial charge in [0, 0.05) is 6.04 Å². The van der Waals surface area contributed by atoms with Gasteiger partial charge in [0.15, 0.2) is 0 Å². The Bertz CT molecular complexity index is 1280. The second-order valence-electron chi connectivity index (χ2n) is 13.4. The number of rotatable bonds is 13. The quantitative estimate of drug-likeness (QED) is 0.241. The van der Waals surface area contributed by atoms with Gasteiger partial charge in [-0.3, -0.25) is 0 Å². The molecule has 226 valence electrons. The molecule has 41 heavy (non-hydrogen) atoms. The number of unbranched alkanes of at least 4 members (excludes halogenated alkanes) is 2. The normalized spacial score (nSPS) is 18.5. The van der Waals surface area contributed by atoms with Gasteiger partial charge in [0.2, 0.25) is 0 Å². The maximum Gasteiger partial charge on any atom is 0.150 e. The number of phenols is 1. The zero-order chi connectivity index (χ0) is 29.5. The van der Waals surface area contributed by atoms with Crippen molar-refractivity contribution in [2.45, 2.75) is 104 Å². The highest BCUT2D eigenvalue weighted by molar-refractivity contribution is 7.91. The largest absolute Gasteiger partial charge is 0.508 e. The van der Waals surface area contributed by atoms with Crippen LogP contribution in [-0.2, 0) is 16.3 Å². The Hall–Kier alpha value is -2.18. The zero-order valence-electron chi connectivity index (χ0n) is 25.4. The summed E-state index contributed by atoms with van der Waals surface area (Å²) in [5.74, 6) is 0.724. The Morgan fingerprint density at radius 3 is 2.49 bits per heavy atom. The number of likely N-dealkylation sites (tertiary alicyclic amines) is 1. The van der Waals surface area contributed by atoms with Gasteiger partial charge >= 0.3 is 0 Å². The summed E-state index contributed by atoms with van der Waals surface area (Å²) >= 11 is 0. The minimum Gasteiger partial charge on any atom is -0.508 e. The number of halogens is 1. The molecule has 2 aromatic rings. The number of nitrogens with zero attached hydrogens (tertiary/aromatic N) is 1. The highest BCUT2D eigenvalue weighted by atomic mass is 32.2. The smallest absolute Gasteiger partial charge is 0.150 e. The topological polar surface area (TPSA) is 57.6 Å². The molecule has 0 amide bonds. The summed E-state index contributed by atoms with van der Waals surface area (Å²) in [5, 5.41) is 10.1. The first-order valence-corrected chi connectivity index (χ1v) is 17.6. The van der Waals surface area contributed by atoms with Gasteiger partial charge in [-0.2, -0.15) is 0 Å². The van der Waals surface area contributed by atoms with Crippen molar-refractivity contribution in [2.24, 2.45) is 5.41 Å². The second-order valence-corrected chi connectivity index (χ2v) is 15.7. The van der Waals surface area contributed by atoms with Gasteiger partial charge in [0.1, 0.15) is 21.4 Å². The van der Waals surface area contributed by atoms with E-state index in [9.17, 15) is 17.9 Å². The highest BCUT2D eigenvalue weighted by Gasteiger charge is 2.25. The van der Waals surface area contributed by atoms with Crippen molar-refractivity contribution >= 4 is 21.0 Å². The summed E-state index contributed by atoms with van der Waals surface area (Å²) in [4.78, 5) is 2.59. The van der Waals surface area contributed by atoms with Crippen LogP contribution in [0.5, 0.6) is 5.75 Å². The van der Waals surface area contributed by atoms with Gasteiger partial charge in [-0.1, -0.05) is 45.4 Å². The molecule has 1 saturated heterocycles. The Kier molecular flexibility index (Phi) is 11.1. The van der Waals surface area contributed by atoms with Gasteiger partial charge in [0.05, 0.1) is 11.5 Å². The predicted octanol–water partition coefficient (Wildman–Crippen LogP) is 8.43. The minimum absolute atomic E-state index is 0.0525. The Labute approximate surface area is 248 Å². The average molecular weight is 584 g/mol. The maximum atomic E-state index is 13.7. The van der Waals surface area contributed by atoms with Crippen LogP contribution in [0.3, 0.4) is 0 Å². The van der Waals surface area contributed by atoms with E-state index < -0.39 is 9.84 Å². The predicted molar refractivity (Wildman–Crippen MR) is 169 cm³/mol. The Morgan fingerprint density at radius 2 is 1.73 bits per heavy atom. The molecule has 2 aromatic carbocycles. The van der Waals surface area contributed by atoms with Crippen LogP contribution in [-0.4, -0.2) is 49.1 Å². The van der Waals surface area contributed by atoms with Crippen molar-refractivity contribution in [1.29, 1.82) is 0 Å². The van der Waals surface area contributed by atoms with E-state index in [0.717, 1.165) is 82.9 Å². The summed E-state index contributed by atoms with van der Waals surface area (Å²) in [6, 6.07) is 13.2. The van der Waals surface area contributed by atoms with Crippen LogP contribution in [0.25, 0.3) is 11.1 Å². The molecule has 1 atom stereocenters. The van der Waals surface area contributed by atoms with Crippen molar-refractivity contribution in [3.63, 3.8) is 0 Å². The molecule has 1 aliphatic heterocycles. The fourth-order valence-electron chi connectivity index (χ4n) is 6.52. The molecule has 0 saturated carbocycles. The van der Waals surface area contributed by atoms with Gasteiger partial charge in [-0.25, -0.2) is 12.8 Å². The third-order valence-corrected chi connectivity index (χ3v) is 10.6. The van der Waals surface area contributed by atoms with E-state index in [-0.39, 0.29) is 11.2 Å². The van der Waals surface area contributed by atoms with Gasteiger partial charge in [-0.15, -0.1) is 0 Å². The summed E-state index contributed by atoms with van der Waals surface area (Å²) in [7, 11) is -2.97. The standard InChI is InChI=1S/C35H50FNO3S/c1-35(2,3)21-25-41(39,40)24-9-12-30-11-8-23-37(30)22-6-4-5-13-34-32(27-15-17-29(36)18-16-27)14-7-10-28-26-31(38)19-20-33(28)34/h15-20,26,30,38H,4-14,21-25H2,1-3H3. The molecule has 1 unspecified atom stereocenters. The Morgan fingerprint density at radius 1 is 0.951 bits per heavy atom. The van der Waals surface area contributed by atoms with E-state index >= 15 is 0 Å². The number of allylic oxidation sites excluding steroid dienone is 2. The molecule has 1 N–H and O–H groups in total. The number of benzene rings is 2. The number of fused-ring (bicyclic) bond motifs is 1. The lowest BCUT2D eigenvalue weighted by Crippen LogP contribution is -2.31. The van der Waals surface area contributed by atoms with E-state index in [1.165, 1.54) is 35.1 Å². The number of aryl methyl sites for hydroxylation is 1. The molecule has 1 aliphatic carbocycles. The maximum absolute atomic E-state index is 13.7. The fraction of sp³-hybridized carbons (Fsp3) is 0.600. The number of sulfone groups is 1. The fourth-order valence-corrected chi connectivity index (χ4v) is 8.25. The monoisotopic (exact) mass is 583 g/mol. The first kappa shape index (κ1) is 31.7. The van der Waals surface area contributed by atoms with Crippen LogP contribution < -0.4 is 0 Å². The van der Waals surface area contributed by atoms with Crippen molar-refractivity contribution in [3.8, 4) is 5.75 Å². The van der Waals surface area contributed by atoms with Crippen molar-refractivity contribution < 1.29 is 17.9 Å². The molecule has 0 spiro atoms. The summed E-state index contributed by atoms with van der Waals surface area (Å²) < 4.78 is 38.7. The zero-order valence-corrected chi connectivity index (χ0v) is 26.2. The molecule has 2 aliphatic rings. The second kappa shape index (κ2) is 14.3. The van der Waals surface area contributed by atoms with Crippen LogP contribution in [0.15, 0.2) is 42.5 Å². The van der Waals surface area contributed by atoms with E-state index in [1.807, 2.05) is 18.2 Å². The minimum atomic E-state index is -2.97. The molecule has 0 aromatic heterocycles. The van der Waals surface area contributed by atoms with Crippen molar-refractivity contribution in [3.05, 3.63) is 65.0 Å². The van der Waals surface area contributed by atoms with E-state index in [1.54, 1.807) is 18.2 Å². The molecule has 1 heterocycles. The van der Waals surface area contributed by atoms with Crippen molar-refractivity contribution in [1.82, 2.24) is 4.90 Å². The molecule has 6 heteroatoms. The highest BCUT2D eigenvalue weighted by Crippen LogP contribution is 2.39. The van der Waals surface area contributed by atoms with Crippen LogP contribution in [0.4, 0.5) is 4.39 Å². The molecule has 0 bridgehead atoms. The van der Waals surface area contributed by atoms with Gasteiger partial charge in [-0.05, 0) is 141 Å². The molecule has 4 rings (SSSR count). The molecule has 0 radical (unpaired) electrons. The van der Waals surface area contributed by atoms with Crippen LogP contribution in [0.2, 0.25) is 0 Å². The lowest BCUT2D eigenvalue weighted by atomic mass is 9.89. The lowest BCUT2D eigenvalue weighted by molar-refractivity contribution is 0.237. The number of phenolic OH excluding ortho intramolecular Hbond substituents is 1. The number of aromatic hydroxyl groups is 1. The van der Waals surface area contributed by atoms with E-state index in [4.69, 9.17) is 0 Å². The first-order valence-electron chi connectivity index (χ1n) is 15.8. The third-order valence-electron chi connectivity index (χ3n) is 8.87. The van der Waals surface area contributed by atoms with Crippen LogP contribution in [0.1, 0.15) is 108 Å². The third kappa shape index (κ3) is 9.68. The molecule has 4 nitrogen and oxygen atoms in total. The average Bonchev–Trinajstić information content (AvgIpc) is 3.28. The summed E-state index contributed by atoms with van der Waals surface area (Å²) in [6.07, 6.45) is 12.1. The Balaban J connectivity index is 1.30. The summed E-state index contributed by atoms with van der Waals surface area (Å²) in [6.45, 7) is 8.50. The van der Waals surface area contributed by atoms with Crippen LogP contribution in [0, 0.1) is 11.2 Å². The molecule has 1 fully saturated rings. The van der Waals surface area contributed by atoms with Crippen molar-refractivity contribution in [2.75, 3.05) is 24.6 Å². The van der Waals surface area contributed by atoms with Crippen LogP contribution >= 0.6 is 0 Å². The van der Waals surface area contributed by atoms with Gasteiger partial charge in [0.25, 0.3) is 0 Å². The number of hydrogen-bond donors (Lipinski definition) is 1. The van der Waals surface area contributed by atoms with E-state index in [0.29, 0.717) is 23.3 Å². The number of hydrogen-bond acceptors (Lipinski definition) is 4. The van der Waals surface area contributed by atoms with E-state index in [2.05, 4.69) is 31.7 Å². The first-order chi connectivity index (χ1) is 19.5. The summed E-state index contributed by atoms with van der Waals surface area (Å²) in [5.41, 5.74) is 6.25. The van der Waals surface area contributed by atoms with Gasteiger partial charge < -0.3 is 10.0 Å².